The van der Waals surface area contributed by atoms with Crippen molar-refractivity contribution in [2.75, 3.05) is 25.0 Å². The van der Waals surface area contributed by atoms with Crippen molar-refractivity contribution in [3.8, 4) is 6.07 Å². The van der Waals surface area contributed by atoms with Crippen molar-refractivity contribution in [2.24, 2.45) is 11.7 Å². The minimum absolute atomic E-state index is 0.0726. The van der Waals surface area contributed by atoms with E-state index in [9.17, 15) is 9.59 Å². The van der Waals surface area contributed by atoms with Crippen LogP contribution in [0.4, 0.5) is 5.69 Å². The number of piperidine rings is 1. The standard InChI is InChI=1S/C15H18N4O2/c16-9-11-2-1-3-13(8-11)18-14(20)10-19-6-4-12(5-7-19)15(17)21/h1-3,8,12H,4-7,10H2,(H2,17,21)(H,18,20). The Morgan fingerprint density at radius 3 is 2.71 bits per heavy atom. The zero-order valence-electron chi connectivity index (χ0n) is 11.7. The number of rotatable bonds is 4. The average Bonchev–Trinajstić information content (AvgIpc) is 2.47. The molecule has 1 fully saturated rings. The summed E-state index contributed by atoms with van der Waals surface area (Å²) in [6.45, 7) is 1.67. The molecule has 1 saturated heterocycles. The number of nitriles is 1. The van der Waals surface area contributed by atoms with Crippen LogP contribution in [0.15, 0.2) is 24.3 Å². The second-order valence-corrected chi connectivity index (χ2v) is 5.19. The summed E-state index contributed by atoms with van der Waals surface area (Å²) in [6, 6.07) is 8.83. The number of hydrogen-bond donors (Lipinski definition) is 2. The second-order valence-electron chi connectivity index (χ2n) is 5.19. The van der Waals surface area contributed by atoms with Gasteiger partial charge in [-0.05, 0) is 44.1 Å². The van der Waals surface area contributed by atoms with E-state index in [4.69, 9.17) is 11.0 Å². The minimum Gasteiger partial charge on any atom is -0.369 e. The molecular formula is C15H18N4O2. The van der Waals surface area contributed by atoms with Crippen molar-refractivity contribution in [1.82, 2.24) is 4.90 Å². The molecule has 21 heavy (non-hydrogen) atoms. The van der Waals surface area contributed by atoms with Crippen LogP contribution in [-0.2, 0) is 9.59 Å². The maximum Gasteiger partial charge on any atom is 0.238 e. The van der Waals surface area contributed by atoms with E-state index in [-0.39, 0.29) is 24.3 Å². The van der Waals surface area contributed by atoms with Gasteiger partial charge in [0.1, 0.15) is 0 Å². The Kier molecular flexibility index (Phi) is 4.90. The SMILES string of the molecule is N#Cc1cccc(NC(=O)CN2CCC(C(N)=O)CC2)c1. The highest BCUT2D eigenvalue weighted by Crippen LogP contribution is 2.16. The lowest BCUT2D eigenvalue weighted by atomic mass is 9.96. The zero-order valence-corrected chi connectivity index (χ0v) is 11.7. The lowest BCUT2D eigenvalue weighted by Gasteiger charge is -2.29. The maximum absolute atomic E-state index is 12.0. The van der Waals surface area contributed by atoms with E-state index in [0.717, 1.165) is 0 Å². The third-order valence-electron chi connectivity index (χ3n) is 3.63. The van der Waals surface area contributed by atoms with E-state index in [1.165, 1.54) is 0 Å². The molecule has 6 nitrogen and oxygen atoms in total. The topological polar surface area (TPSA) is 99.2 Å². The van der Waals surface area contributed by atoms with Gasteiger partial charge >= 0.3 is 0 Å². The number of carbonyl (C=O) groups excluding carboxylic acids is 2. The summed E-state index contributed by atoms with van der Waals surface area (Å²) >= 11 is 0. The normalized spacial score (nSPS) is 16.1. The van der Waals surface area contributed by atoms with E-state index in [1.807, 2.05) is 11.0 Å². The van der Waals surface area contributed by atoms with Gasteiger partial charge in [0.15, 0.2) is 0 Å². The Hall–Kier alpha value is -2.39. The van der Waals surface area contributed by atoms with E-state index >= 15 is 0 Å². The molecule has 0 saturated carbocycles. The first-order chi connectivity index (χ1) is 10.1. The van der Waals surface area contributed by atoms with Crippen LogP contribution in [0.3, 0.4) is 0 Å². The van der Waals surface area contributed by atoms with Crippen molar-refractivity contribution in [1.29, 1.82) is 5.26 Å². The molecule has 1 aliphatic rings. The van der Waals surface area contributed by atoms with Crippen LogP contribution < -0.4 is 11.1 Å². The Morgan fingerprint density at radius 2 is 2.10 bits per heavy atom. The van der Waals surface area contributed by atoms with Crippen LogP contribution in [0.5, 0.6) is 0 Å². The summed E-state index contributed by atoms with van der Waals surface area (Å²) in [6.07, 6.45) is 1.40. The number of primary amides is 1. The Bertz CT molecular complexity index is 571. The number of nitrogens with zero attached hydrogens (tertiary/aromatic N) is 2. The van der Waals surface area contributed by atoms with Gasteiger partial charge in [0.2, 0.25) is 11.8 Å². The molecule has 3 N–H and O–H groups in total. The molecule has 1 aliphatic heterocycles. The number of likely N-dealkylation sites (tertiary alicyclic amines) is 1. The third kappa shape index (κ3) is 4.29. The molecule has 1 heterocycles. The smallest absolute Gasteiger partial charge is 0.238 e. The van der Waals surface area contributed by atoms with Crippen LogP contribution >= 0.6 is 0 Å². The van der Waals surface area contributed by atoms with Gasteiger partial charge in [-0.25, -0.2) is 0 Å². The van der Waals surface area contributed by atoms with Crippen LogP contribution in [0.25, 0.3) is 0 Å². The first-order valence-electron chi connectivity index (χ1n) is 6.90. The van der Waals surface area contributed by atoms with E-state index in [1.54, 1.807) is 24.3 Å². The van der Waals surface area contributed by atoms with Gasteiger partial charge in [0.05, 0.1) is 18.2 Å². The fourth-order valence-electron chi connectivity index (χ4n) is 2.45. The van der Waals surface area contributed by atoms with Crippen molar-refractivity contribution in [3.05, 3.63) is 29.8 Å². The van der Waals surface area contributed by atoms with E-state index in [0.29, 0.717) is 37.2 Å². The molecule has 2 amide bonds. The predicted octanol–water partition coefficient (Wildman–Crippen LogP) is 0.694. The number of nitrogens with one attached hydrogen (secondary N) is 1. The first kappa shape index (κ1) is 15.0. The molecule has 2 rings (SSSR count). The number of nitrogens with two attached hydrogens (primary N) is 1. The Morgan fingerprint density at radius 1 is 1.38 bits per heavy atom. The van der Waals surface area contributed by atoms with Gasteiger partial charge in [-0.3, -0.25) is 14.5 Å². The molecule has 0 spiro atoms. The van der Waals surface area contributed by atoms with Gasteiger partial charge in [0.25, 0.3) is 0 Å². The third-order valence-corrected chi connectivity index (χ3v) is 3.63. The van der Waals surface area contributed by atoms with Crippen LogP contribution in [0.1, 0.15) is 18.4 Å². The monoisotopic (exact) mass is 286 g/mol. The summed E-state index contributed by atoms with van der Waals surface area (Å²) in [7, 11) is 0. The molecular weight excluding hydrogens is 268 g/mol. The minimum atomic E-state index is -0.257. The molecule has 110 valence electrons. The molecule has 1 aromatic carbocycles. The molecule has 6 heteroatoms. The second kappa shape index (κ2) is 6.86. The van der Waals surface area contributed by atoms with E-state index in [2.05, 4.69) is 5.32 Å². The van der Waals surface area contributed by atoms with Crippen molar-refractivity contribution < 1.29 is 9.59 Å². The van der Waals surface area contributed by atoms with Gasteiger partial charge in [0, 0.05) is 11.6 Å². The number of carbonyl (C=O) groups is 2. The summed E-state index contributed by atoms with van der Waals surface area (Å²) < 4.78 is 0. The van der Waals surface area contributed by atoms with Crippen LogP contribution in [-0.4, -0.2) is 36.3 Å². The summed E-state index contributed by atoms with van der Waals surface area (Å²) in [4.78, 5) is 25.1. The Labute approximate surface area is 123 Å². The Balaban J connectivity index is 1.83. The fraction of sp³-hybridized carbons (Fsp3) is 0.400. The molecule has 0 bridgehead atoms. The molecule has 0 unspecified atom stereocenters. The highest BCUT2D eigenvalue weighted by atomic mass is 16.2. The summed E-state index contributed by atoms with van der Waals surface area (Å²) in [5.74, 6) is -0.452. The molecule has 0 atom stereocenters. The first-order valence-corrected chi connectivity index (χ1v) is 6.90. The zero-order chi connectivity index (χ0) is 15.2. The highest BCUT2D eigenvalue weighted by molar-refractivity contribution is 5.92. The van der Waals surface area contributed by atoms with Gasteiger partial charge in [-0.15, -0.1) is 0 Å². The lowest BCUT2D eigenvalue weighted by molar-refractivity contribution is -0.123. The average molecular weight is 286 g/mol. The number of hydrogen-bond acceptors (Lipinski definition) is 4. The van der Waals surface area contributed by atoms with Crippen molar-refractivity contribution in [2.45, 2.75) is 12.8 Å². The fourth-order valence-corrected chi connectivity index (χ4v) is 2.45. The number of anilines is 1. The van der Waals surface area contributed by atoms with E-state index < -0.39 is 0 Å². The maximum atomic E-state index is 12.0. The van der Waals surface area contributed by atoms with Crippen LogP contribution in [0.2, 0.25) is 0 Å². The summed E-state index contributed by atoms with van der Waals surface area (Å²) in [5.41, 5.74) is 6.41. The van der Waals surface area contributed by atoms with Gasteiger partial charge in [-0.1, -0.05) is 6.07 Å². The highest BCUT2D eigenvalue weighted by Gasteiger charge is 2.24. The van der Waals surface area contributed by atoms with Crippen LogP contribution in [0, 0.1) is 17.2 Å². The largest absolute Gasteiger partial charge is 0.369 e. The van der Waals surface area contributed by atoms with Crippen molar-refractivity contribution >= 4 is 17.5 Å². The predicted molar refractivity (Wildman–Crippen MR) is 78.1 cm³/mol. The van der Waals surface area contributed by atoms with Gasteiger partial charge < -0.3 is 11.1 Å². The number of benzene rings is 1. The summed E-state index contributed by atoms with van der Waals surface area (Å²) in [5, 5.41) is 11.6. The molecule has 0 aliphatic carbocycles. The molecule has 0 radical (unpaired) electrons. The van der Waals surface area contributed by atoms with Crippen molar-refractivity contribution in [3.63, 3.8) is 0 Å². The quantitative estimate of drug-likeness (QED) is 0.850. The molecule has 0 aromatic heterocycles. The molecule has 1 aromatic rings. The van der Waals surface area contributed by atoms with Gasteiger partial charge in [-0.2, -0.15) is 5.26 Å². The lowest BCUT2D eigenvalue weighted by Crippen LogP contribution is -2.42. The number of amides is 2.